The highest BCUT2D eigenvalue weighted by atomic mass is 31.2. The quantitative estimate of drug-likeness (QED) is 0.0183. The number of aliphatic hydroxyl groups is 1. The number of allylic oxidation sites excluding steroid dienone is 10. The fourth-order valence-corrected chi connectivity index (χ4v) is 6.02. The van der Waals surface area contributed by atoms with Gasteiger partial charge in [0.1, 0.15) is 6.61 Å². The molecule has 0 aliphatic heterocycles. The van der Waals surface area contributed by atoms with Gasteiger partial charge in [-0.2, -0.15) is 0 Å². The van der Waals surface area contributed by atoms with Crippen LogP contribution >= 0.6 is 7.82 Å². The van der Waals surface area contributed by atoms with Crippen molar-refractivity contribution in [3.8, 4) is 0 Å². The highest BCUT2D eigenvalue weighted by molar-refractivity contribution is 7.46. The lowest BCUT2D eigenvalue weighted by Gasteiger charge is -2.18. The van der Waals surface area contributed by atoms with Crippen molar-refractivity contribution in [2.75, 3.05) is 13.2 Å². The number of ether oxygens (including phenoxy) is 2. The van der Waals surface area contributed by atoms with Gasteiger partial charge in [-0.3, -0.25) is 14.1 Å². The maximum absolute atomic E-state index is 12.4. The molecule has 0 bridgehead atoms. The summed E-state index contributed by atoms with van der Waals surface area (Å²) >= 11 is 0. The van der Waals surface area contributed by atoms with Crippen LogP contribution in [0, 0.1) is 0 Å². The molecule has 0 aliphatic rings. The van der Waals surface area contributed by atoms with E-state index in [1.54, 1.807) is 6.08 Å². The second kappa shape index (κ2) is 39.7. The zero-order valence-electron chi connectivity index (χ0n) is 34.4. The highest BCUT2D eigenvalue weighted by Gasteiger charge is 2.22. The largest absolute Gasteiger partial charge is 0.469 e. The number of aliphatic hydroxyl groups excluding tert-OH is 1. The Morgan fingerprint density at radius 1 is 0.582 bits per heavy atom. The summed E-state index contributed by atoms with van der Waals surface area (Å²) in [4.78, 5) is 42.8. The molecule has 0 radical (unpaired) electrons. The maximum Gasteiger partial charge on any atom is 0.469 e. The molecule has 9 nitrogen and oxygen atoms in total. The molecule has 0 aromatic rings. The molecule has 0 saturated carbocycles. The molecule has 3 N–H and O–H groups in total. The van der Waals surface area contributed by atoms with Gasteiger partial charge in [-0.1, -0.05) is 189 Å². The van der Waals surface area contributed by atoms with Gasteiger partial charge in [-0.25, -0.2) is 4.57 Å². The summed E-state index contributed by atoms with van der Waals surface area (Å²) in [6.07, 6.45) is 48.2. The number of carbonyl (C=O) groups excluding carboxylic acids is 2. The van der Waals surface area contributed by atoms with E-state index in [0.717, 1.165) is 44.9 Å². The molecular formula is C45H77O9P. The standard InChI is InChI=1S/C45H77O9P/c1-3-5-7-8-9-10-11-12-13-14-15-18-21-24-27-30-34-38-44(47)52-40-43(41-53-55(49,50)51)54-45(48)39-35-31-28-25-22-19-16-17-20-23-26-29-33-37-42(46)36-32-6-4-2/h6,17,19-20,22,26,28-29,31-33,37,42-43,46H,3-5,7-16,18,21,23-25,27,30,34-36,38-41H2,1-2H3,(H2,49,50,51)/b20-17-,22-19-,29-26+,31-28-,32-6-,37-33+/t42?,43-/m1/s1. The summed E-state index contributed by atoms with van der Waals surface area (Å²) in [5, 5.41) is 9.82. The van der Waals surface area contributed by atoms with Crippen LogP contribution in [0.3, 0.4) is 0 Å². The molecule has 0 rings (SSSR count). The van der Waals surface area contributed by atoms with Crippen molar-refractivity contribution in [1.82, 2.24) is 0 Å². The number of carbonyl (C=O) groups is 2. The molecule has 0 saturated heterocycles. The zero-order chi connectivity index (χ0) is 40.5. The van der Waals surface area contributed by atoms with Crippen molar-refractivity contribution in [1.29, 1.82) is 0 Å². The van der Waals surface area contributed by atoms with Crippen LogP contribution in [0.4, 0.5) is 0 Å². The van der Waals surface area contributed by atoms with E-state index >= 15 is 0 Å². The fourth-order valence-electron chi connectivity index (χ4n) is 5.66. The molecule has 1 unspecified atom stereocenters. The van der Waals surface area contributed by atoms with Crippen molar-refractivity contribution in [2.45, 2.75) is 187 Å². The van der Waals surface area contributed by atoms with Crippen molar-refractivity contribution in [3.05, 3.63) is 72.9 Å². The third-order valence-corrected chi connectivity index (χ3v) is 9.32. The van der Waals surface area contributed by atoms with Gasteiger partial charge in [0.2, 0.25) is 0 Å². The van der Waals surface area contributed by atoms with Gasteiger partial charge in [0.05, 0.1) is 12.7 Å². The third kappa shape index (κ3) is 42.4. The van der Waals surface area contributed by atoms with E-state index in [9.17, 15) is 19.3 Å². The second-order valence-electron chi connectivity index (χ2n) is 14.1. The number of phosphoric ester groups is 1. The van der Waals surface area contributed by atoms with Crippen molar-refractivity contribution in [2.24, 2.45) is 0 Å². The first-order valence-corrected chi connectivity index (χ1v) is 22.9. The fraction of sp³-hybridized carbons (Fsp3) is 0.689. The topological polar surface area (TPSA) is 140 Å². The summed E-state index contributed by atoms with van der Waals surface area (Å²) in [6.45, 7) is 3.42. The van der Waals surface area contributed by atoms with Gasteiger partial charge in [-0.05, 0) is 44.9 Å². The van der Waals surface area contributed by atoms with E-state index in [0.29, 0.717) is 19.3 Å². The van der Waals surface area contributed by atoms with E-state index in [-0.39, 0.29) is 19.4 Å². The van der Waals surface area contributed by atoms with Crippen LogP contribution in [0.15, 0.2) is 72.9 Å². The Kier molecular flexibility index (Phi) is 37.8. The first kappa shape index (κ1) is 52.5. The molecule has 0 aromatic heterocycles. The molecule has 0 spiro atoms. The summed E-state index contributed by atoms with van der Waals surface area (Å²) < 4.78 is 26.3. The molecule has 0 fully saturated rings. The van der Waals surface area contributed by atoms with Gasteiger partial charge in [-0.15, -0.1) is 0 Å². The lowest BCUT2D eigenvalue weighted by atomic mass is 10.0. The predicted octanol–water partition coefficient (Wildman–Crippen LogP) is 12.0. The van der Waals surface area contributed by atoms with Crippen LogP contribution in [0.1, 0.15) is 174 Å². The van der Waals surface area contributed by atoms with Gasteiger partial charge in [0.25, 0.3) is 0 Å². The molecule has 0 heterocycles. The normalized spacial score (nSPS) is 13.8. The number of phosphoric acid groups is 1. The van der Waals surface area contributed by atoms with Gasteiger partial charge < -0.3 is 24.4 Å². The number of hydrogen-bond donors (Lipinski definition) is 3. The summed E-state index contributed by atoms with van der Waals surface area (Å²) in [7, 11) is -4.79. The van der Waals surface area contributed by atoms with Crippen LogP contribution in [0.2, 0.25) is 0 Å². The SMILES string of the molecule is CC/C=C\CC(O)/C=C/C=C/C/C=C\C/C=C\C/C=C\CCC(=O)O[C@H](COC(=O)CCCCCCCCCCCCCCCCCCC)COP(=O)(O)O. The molecule has 0 amide bonds. The minimum Gasteiger partial charge on any atom is -0.462 e. The Hall–Kier alpha value is -2.55. The van der Waals surface area contributed by atoms with Gasteiger partial charge in [0.15, 0.2) is 6.10 Å². The van der Waals surface area contributed by atoms with Gasteiger partial charge in [0, 0.05) is 12.8 Å². The van der Waals surface area contributed by atoms with Crippen LogP contribution in [0.5, 0.6) is 0 Å². The molecule has 55 heavy (non-hydrogen) atoms. The maximum atomic E-state index is 12.4. The van der Waals surface area contributed by atoms with Crippen molar-refractivity contribution >= 4 is 19.8 Å². The van der Waals surface area contributed by atoms with Crippen LogP contribution in [-0.2, 0) is 28.2 Å². The average Bonchev–Trinajstić information content (AvgIpc) is 3.15. The van der Waals surface area contributed by atoms with Crippen LogP contribution in [-0.4, -0.2) is 52.3 Å². The van der Waals surface area contributed by atoms with Crippen LogP contribution in [0.25, 0.3) is 0 Å². The molecule has 0 aliphatic carbocycles. The second-order valence-corrected chi connectivity index (χ2v) is 15.4. The number of unbranched alkanes of at least 4 members (excludes halogenated alkanes) is 16. The summed E-state index contributed by atoms with van der Waals surface area (Å²) in [5.74, 6) is -1.00. The number of hydrogen-bond acceptors (Lipinski definition) is 7. The number of rotatable bonds is 38. The van der Waals surface area contributed by atoms with Crippen molar-refractivity contribution in [3.63, 3.8) is 0 Å². The smallest absolute Gasteiger partial charge is 0.462 e. The Labute approximate surface area is 334 Å². The van der Waals surface area contributed by atoms with E-state index in [2.05, 4.69) is 36.6 Å². The predicted molar refractivity (Wildman–Crippen MR) is 226 cm³/mol. The molecule has 10 heteroatoms. The Morgan fingerprint density at radius 2 is 1.09 bits per heavy atom. The monoisotopic (exact) mass is 793 g/mol. The average molecular weight is 793 g/mol. The Balaban J connectivity index is 4.08. The molecular weight excluding hydrogens is 715 g/mol. The molecule has 2 atom stereocenters. The van der Waals surface area contributed by atoms with E-state index in [4.69, 9.17) is 19.3 Å². The minimum absolute atomic E-state index is 0.0696. The zero-order valence-corrected chi connectivity index (χ0v) is 35.3. The lowest BCUT2D eigenvalue weighted by molar-refractivity contribution is -0.161. The van der Waals surface area contributed by atoms with Gasteiger partial charge >= 0.3 is 19.8 Å². The summed E-state index contributed by atoms with van der Waals surface area (Å²) in [5.41, 5.74) is 0. The van der Waals surface area contributed by atoms with E-state index in [1.807, 2.05) is 48.6 Å². The number of esters is 2. The van der Waals surface area contributed by atoms with E-state index in [1.165, 1.54) is 83.5 Å². The van der Waals surface area contributed by atoms with Crippen molar-refractivity contribution < 1.29 is 43.0 Å². The van der Waals surface area contributed by atoms with Crippen LogP contribution < -0.4 is 0 Å². The Bertz CT molecular complexity index is 1140. The highest BCUT2D eigenvalue weighted by Crippen LogP contribution is 2.36. The lowest BCUT2D eigenvalue weighted by Crippen LogP contribution is -2.29. The molecule has 0 aromatic carbocycles. The van der Waals surface area contributed by atoms with E-state index < -0.39 is 38.6 Å². The molecule has 316 valence electrons. The summed E-state index contributed by atoms with van der Waals surface area (Å²) in [6, 6.07) is 0. The first-order chi connectivity index (χ1) is 26.7. The Morgan fingerprint density at radius 3 is 1.62 bits per heavy atom. The first-order valence-electron chi connectivity index (χ1n) is 21.3. The minimum atomic E-state index is -4.79. The third-order valence-electron chi connectivity index (χ3n) is 8.83.